The van der Waals surface area contributed by atoms with Gasteiger partial charge in [0.1, 0.15) is 0 Å². The van der Waals surface area contributed by atoms with Gasteiger partial charge in [-0.15, -0.1) is 0 Å². The Hall–Kier alpha value is -1.40. The Morgan fingerprint density at radius 3 is 2.62 bits per heavy atom. The highest BCUT2D eigenvalue weighted by Gasteiger charge is 2.50. The van der Waals surface area contributed by atoms with Gasteiger partial charge in [-0.2, -0.15) is 0 Å². The molecule has 2 fully saturated rings. The number of nitrogens with one attached hydrogen (secondary N) is 1. The first-order valence-corrected chi connectivity index (χ1v) is 10.4. The summed E-state index contributed by atoms with van der Waals surface area (Å²) in [7, 11) is -3.09. The van der Waals surface area contributed by atoms with Crippen LogP contribution in [0.2, 0.25) is 0 Å². The van der Waals surface area contributed by atoms with Gasteiger partial charge in [0.25, 0.3) is 0 Å². The van der Waals surface area contributed by atoms with Crippen molar-refractivity contribution in [3.05, 3.63) is 30.3 Å². The molecule has 2 aliphatic rings. The van der Waals surface area contributed by atoms with Crippen LogP contribution in [0.15, 0.2) is 30.3 Å². The Labute approximate surface area is 144 Å². The Bertz CT molecular complexity index is 687. The number of hydrogen-bond acceptors (Lipinski definition) is 4. The van der Waals surface area contributed by atoms with E-state index in [-0.39, 0.29) is 23.5 Å². The summed E-state index contributed by atoms with van der Waals surface area (Å²) in [5, 5.41) is 2.56. The number of fused-ring (bicyclic) bond motifs is 1. The monoisotopic (exact) mass is 350 g/mol. The normalized spacial score (nSPS) is 29.4. The highest BCUT2D eigenvalue weighted by atomic mass is 32.2. The minimum absolute atomic E-state index is 0.0440. The van der Waals surface area contributed by atoms with Crippen molar-refractivity contribution in [1.29, 1.82) is 0 Å². The van der Waals surface area contributed by atoms with Crippen LogP contribution in [0.3, 0.4) is 0 Å². The molecule has 24 heavy (non-hydrogen) atoms. The molecule has 0 spiro atoms. The van der Waals surface area contributed by atoms with Gasteiger partial charge in [0.15, 0.2) is 9.84 Å². The van der Waals surface area contributed by atoms with Gasteiger partial charge in [-0.3, -0.25) is 4.79 Å². The number of nitrogens with zero attached hydrogens (tertiary/aromatic N) is 1. The lowest BCUT2D eigenvalue weighted by atomic mass is 9.87. The zero-order valence-corrected chi connectivity index (χ0v) is 15.1. The maximum Gasteiger partial charge on any atom is 0.227 e. The van der Waals surface area contributed by atoms with Crippen LogP contribution in [0.25, 0.3) is 0 Å². The quantitative estimate of drug-likeness (QED) is 0.902. The zero-order chi connectivity index (χ0) is 17.3. The molecular formula is C18H26N2O3S. The van der Waals surface area contributed by atoms with Crippen LogP contribution in [0.5, 0.6) is 0 Å². The lowest BCUT2D eigenvalue weighted by molar-refractivity contribution is -0.121. The second-order valence-corrected chi connectivity index (χ2v) is 9.77. The second-order valence-electron chi connectivity index (χ2n) is 7.43. The Balaban J connectivity index is 1.76. The zero-order valence-electron chi connectivity index (χ0n) is 14.3. The molecule has 0 saturated carbocycles. The summed E-state index contributed by atoms with van der Waals surface area (Å²) < 4.78 is 24.9. The number of benzene rings is 1. The molecule has 1 amide bonds. The predicted molar refractivity (Wildman–Crippen MR) is 95.5 cm³/mol. The van der Waals surface area contributed by atoms with E-state index in [1.54, 1.807) is 0 Å². The molecule has 3 atom stereocenters. The van der Waals surface area contributed by atoms with Gasteiger partial charge in [0, 0.05) is 37.2 Å². The minimum Gasteiger partial charge on any atom is -0.326 e. The maximum absolute atomic E-state index is 12.7. The van der Waals surface area contributed by atoms with E-state index in [1.165, 1.54) is 0 Å². The first kappa shape index (κ1) is 17.4. The van der Waals surface area contributed by atoms with Crippen molar-refractivity contribution in [3.8, 4) is 0 Å². The summed E-state index contributed by atoms with van der Waals surface area (Å²) in [5.41, 5.74) is 0.768. The molecule has 0 aromatic heterocycles. The van der Waals surface area contributed by atoms with Gasteiger partial charge in [0.05, 0.1) is 11.0 Å². The molecule has 1 aromatic carbocycles. The van der Waals surface area contributed by atoms with E-state index in [0.717, 1.165) is 12.2 Å². The number of carbonyl (C=O) groups is 1. The number of para-hydroxylation sites is 1. The van der Waals surface area contributed by atoms with Gasteiger partial charge in [0.2, 0.25) is 5.91 Å². The van der Waals surface area contributed by atoms with Gasteiger partial charge >= 0.3 is 0 Å². The van der Waals surface area contributed by atoms with Crippen molar-refractivity contribution in [2.24, 2.45) is 17.8 Å². The molecule has 2 saturated heterocycles. The highest BCUT2D eigenvalue weighted by molar-refractivity contribution is 7.92. The smallest absolute Gasteiger partial charge is 0.227 e. The summed E-state index contributed by atoms with van der Waals surface area (Å²) in [6.45, 7) is 6.43. The molecule has 2 heterocycles. The van der Waals surface area contributed by atoms with Gasteiger partial charge in [-0.25, -0.2) is 8.42 Å². The summed E-state index contributed by atoms with van der Waals surface area (Å²) >= 11 is 0. The number of sulfone groups is 1. The van der Waals surface area contributed by atoms with E-state index in [2.05, 4.69) is 24.1 Å². The Kier molecular flexibility index (Phi) is 4.97. The van der Waals surface area contributed by atoms with Crippen LogP contribution < -0.4 is 5.32 Å². The molecule has 5 nitrogen and oxygen atoms in total. The molecule has 1 aromatic rings. The molecule has 0 aliphatic carbocycles. The number of anilines is 1. The van der Waals surface area contributed by atoms with Crippen molar-refractivity contribution in [3.63, 3.8) is 0 Å². The van der Waals surface area contributed by atoms with Gasteiger partial charge < -0.3 is 10.2 Å². The second kappa shape index (κ2) is 6.84. The van der Waals surface area contributed by atoms with Crippen LogP contribution in [-0.4, -0.2) is 49.9 Å². The summed E-state index contributed by atoms with van der Waals surface area (Å²) in [6, 6.07) is 9.37. The minimum atomic E-state index is -3.09. The number of hydrogen-bond donors (Lipinski definition) is 1. The predicted octanol–water partition coefficient (Wildman–Crippen LogP) is 2.02. The summed E-state index contributed by atoms with van der Waals surface area (Å²) in [5.74, 6) is 0.250. The van der Waals surface area contributed by atoms with E-state index in [4.69, 9.17) is 0 Å². The van der Waals surface area contributed by atoms with Crippen LogP contribution in [0.1, 0.15) is 20.3 Å². The topological polar surface area (TPSA) is 66.5 Å². The lowest BCUT2D eigenvalue weighted by Crippen LogP contribution is -2.45. The molecule has 2 aliphatic heterocycles. The Morgan fingerprint density at radius 2 is 1.96 bits per heavy atom. The fraction of sp³-hybridized carbons (Fsp3) is 0.611. The SMILES string of the molecule is CC(C)CN1C[C@H]2[C@H](C(=O)Nc3ccccc3)CCS(=O)(=O)[C@H]2C1. The van der Waals surface area contributed by atoms with Crippen molar-refractivity contribution in [1.82, 2.24) is 4.90 Å². The third-order valence-corrected chi connectivity index (χ3v) is 7.30. The molecule has 132 valence electrons. The third kappa shape index (κ3) is 3.64. The number of rotatable bonds is 4. The lowest BCUT2D eigenvalue weighted by Gasteiger charge is -2.31. The van der Waals surface area contributed by atoms with E-state index >= 15 is 0 Å². The van der Waals surface area contributed by atoms with Crippen molar-refractivity contribution in [2.45, 2.75) is 25.5 Å². The van der Waals surface area contributed by atoms with Crippen LogP contribution in [0.4, 0.5) is 5.69 Å². The fourth-order valence-electron chi connectivity index (χ4n) is 4.05. The number of carbonyl (C=O) groups excluding carboxylic acids is 1. The van der Waals surface area contributed by atoms with E-state index < -0.39 is 15.1 Å². The summed E-state index contributed by atoms with van der Waals surface area (Å²) in [6.07, 6.45) is 0.428. The fourth-order valence-corrected chi connectivity index (χ4v) is 6.18. The van der Waals surface area contributed by atoms with E-state index in [1.807, 2.05) is 30.3 Å². The largest absolute Gasteiger partial charge is 0.326 e. The van der Waals surface area contributed by atoms with Crippen LogP contribution in [-0.2, 0) is 14.6 Å². The average molecular weight is 350 g/mol. The van der Waals surface area contributed by atoms with E-state index in [0.29, 0.717) is 25.4 Å². The van der Waals surface area contributed by atoms with Crippen molar-refractivity contribution in [2.75, 3.05) is 30.7 Å². The Morgan fingerprint density at radius 1 is 1.25 bits per heavy atom. The van der Waals surface area contributed by atoms with Crippen LogP contribution in [0, 0.1) is 17.8 Å². The van der Waals surface area contributed by atoms with Crippen molar-refractivity contribution >= 4 is 21.4 Å². The van der Waals surface area contributed by atoms with Gasteiger partial charge in [-0.05, 0) is 24.5 Å². The maximum atomic E-state index is 12.7. The number of likely N-dealkylation sites (tertiary alicyclic amines) is 1. The van der Waals surface area contributed by atoms with Crippen LogP contribution >= 0.6 is 0 Å². The average Bonchev–Trinajstić information content (AvgIpc) is 2.92. The highest BCUT2D eigenvalue weighted by Crippen LogP contribution is 2.37. The van der Waals surface area contributed by atoms with E-state index in [9.17, 15) is 13.2 Å². The molecule has 0 bridgehead atoms. The molecule has 0 unspecified atom stereocenters. The standard InChI is InChI=1S/C18H26N2O3S/c1-13(2)10-20-11-16-15(8-9-24(22,23)17(16)12-20)18(21)19-14-6-4-3-5-7-14/h3-7,13,15-17H,8-12H2,1-2H3,(H,19,21)/t15-,16+,17+/m1/s1. The first-order chi connectivity index (χ1) is 11.4. The molecule has 0 radical (unpaired) electrons. The molecule has 3 rings (SSSR count). The molecule has 1 N–H and O–H groups in total. The first-order valence-electron chi connectivity index (χ1n) is 8.66. The summed E-state index contributed by atoms with van der Waals surface area (Å²) in [4.78, 5) is 14.9. The van der Waals surface area contributed by atoms with Crippen molar-refractivity contribution < 1.29 is 13.2 Å². The molecular weight excluding hydrogens is 324 g/mol. The van der Waals surface area contributed by atoms with Gasteiger partial charge in [-0.1, -0.05) is 32.0 Å². The third-order valence-electron chi connectivity index (χ3n) is 5.08. The number of amides is 1. The molecule has 6 heteroatoms.